The fraction of sp³-hybridized carbons (Fsp3) is 0.250. The Morgan fingerprint density at radius 3 is 2.91 bits per heavy atom. The maximum absolute atomic E-state index is 13.0. The Bertz CT molecular complexity index is 1370. The van der Waals surface area contributed by atoms with E-state index in [4.69, 9.17) is 4.42 Å². The average molecular weight is 472 g/mol. The normalized spacial score (nSPS) is 13.9. The minimum atomic E-state index is -0.0746. The number of rotatable bonds is 4. The molecule has 10 heteroatoms. The van der Waals surface area contributed by atoms with Gasteiger partial charge in [0.25, 0.3) is 17.7 Å². The number of carbonyl (C=O) groups is 1. The minimum Gasteiger partial charge on any atom is -0.414 e. The van der Waals surface area contributed by atoms with Crippen LogP contribution in [0.2, 0.25) is 0 Å². The second-order valence-electron chi connectivity index (χ2n) is 7.85. The highest BCUT2D eigenvalue weighted by molar-refractivity contribution is 7.13. The monoisotopic (exact) mass is 471 g/mol. The number of nitrogens with one attached hydrogen (secondary N) is 1. The van der Waals surface area contributed by atoms with Crippen molar-refractivity contribution in [3.05, 3.63) is 58.7 Å². The summed E-state index contributed by atoms with van der Waals surface area (Å²) in [5, 5.41) is 23.3. The van der Waals surface area contributed by atoms with Gasteiger partial charge >= 0.3 is 0 Å². The standard InChI is InChI=1S/C24H21N7O2S/c1-15-21(23-30-29-22(33-23)20-4-2-11-34-20)28-19(14-27-15)18-6-5-16(12-17(18)13-25)24(32)31-9-3-7-26-8-10-31/h2,4-6,11-12,14,26H,3,7-10H2,1H3. The summed E-state index contributed by atoms with van der Waals surface area (Å²) in [4.78, 5) is 24.8. The summed E-state index contributed by atoms with van der Waals surface area (Å²) in [6.07, 6.45) is 2.51. The van der Waals surface area contributed by atoms with Crippen LogP contribution in [0.4, 0.5) is 0 Å². The fourth-order valence-corrected chi connectivity index (χ4v) is 4.47. The number of nitriles is 1. The molecule has 5 rings (SSSR count). The lowest BCUT2D eigenvalue weighted by atomic mass is 10.0. The SMILES string of the molecule is Cc1ncc(-c2ccc(C(=O)N3CCCNCC3)cc2C#N)nc1-c1nnc(-c2cccs2)o1. The van der Waals surface area contributed by atoms with Gasteiger partial charge in [-0.15, -0.1) is 21.5 Å². The van der Waals surface area contributed by atoms with Crippen LogP contribution < -0.4 is 5.32 Å². The number of aromatic nitrogens is 4. The zero-order valence-electron chi connectivity index (χ0n) is 18.5. The van der Waals surface area contributed by atoms with Crippen molar-refractivity contribution < 1.29 is 9.21 Å². The molecule has 0 bridgehead atoms. The molecule has 0 radical (unpaired) electrons. The molecule has 1 aromatic carbocycles. The maximum atomic E-state index is 13.0. The number of thiophene rings is 1. The Morgan fingerprint density at radius 1 is 1.21 bits per heavy atom. The third kappa shape index (κ3) is 4.31. The summed E-state index contributed by atoms with van der Waals surface area (Å²) in [5.74, 6) is 0.602. The summed E-state index contributed by atoms with van der Waals surface area (Å²) in [7, 11) is 0. The second-order valence-corrected chi connectivity index (χ2v) is 8.79. The Kier molecular flexibility index (Phi) is 6.12. The molecule has 0 spiro atoms. The summed E-state index contributed by atoms with van der Waals surface area (Å²) >= 11 is 1.51. The number of hydrogen-bond acceptors (Lipinski definition) is 9. The van der Waals surface area contributed by atoms with Crippen molar-refractivity contribution in [3.8, 4) is 39.7 Å². The lowest BCUT2D eigenvalue weighted by Gasteiger charge is -2.20. The van der Waals surface area contributed by atoms with E-state index < -0.39 is 0 Å². The molecular weight excluding hydrogens is 450 g/mol. The van der Waals surface area contributed by atoms with Gasteiger partial charge < -0.3 is 14.6 Å². The van der Waals surface area contributed by atoms with Gasteiger partial charge in [0, 0.05) is 30.8 Å². The van der Waals surface area contributed by atoms with Gasteiger partial charge in [0.15, 0.2) is 0 Å². The fourth-order valence-electron chi connectivity index (χ4n) is 3.82. The maximum Gasteiger partial charge on any atom is 0.268 e. The molecule has 3 aromatic heterocycles. The van der Waals surface area contributed by atoms with E-state index in [1.54, 1.807) is 24.4 Å². The summed E-state index contributed by atoms with van der Waals surface area (Å²) in [5.41, 5.74) is 3.00. The molecule has 4 aromatic rings. The summed E-state index contributed by atoms with van der Waals surface area (Å²) in [6.45, 7) is 4.81. The van der Waals surface area contributed by atoms with E-state index in [0.29, 0.717) is 52.8 Å². The van der Waals surface area contributed by atoms with Crippen LogP contribution in [0, 0.1) is 18.3 Å². The highest BCUT2D eigenvalue weighted by Crippen LogP contribution is 2.29. The second kappa shape index (κ2) is 9.51. The van der Waals surface area contributed by atoms with Crippen molar-refractivity contribution >= 4 is 17.2 Å². The first-order valence-electron chi connectivity index (χ1n) is 10.9. The molecule has 0 saturated carbocycles. The predicted octanol–water partition coefficient (Wildman–Crippen LogP) is 3.54. The topological polar surface area (TPSA) is 121 Å². The van der Waals surface area contributed by atoms with Gasteiger partial charge in [0.2, 0.25) is 0 Å². The highest BCUT2D eigenvalue weighted by atomic mass is 32.1. The van der Waals surface area contributed by atoms with Crippen LogP contribution in [-0.2, 0) is 0 Å². The Morgan fingerprint density at radius 2 is 2.09 bits per heavy atom. The zero-order valence-corrected chi connectivity index (χ0v) is 19.3. The third-order valence-corrected chi connectivity index (χ3v) is 6.46. The molecule has 1 amide bonds. The minimum absolute atomic E-state index is 0.0746. The molecule has 0 aliphatic carbocycles. The molecule has 4 heterocycles. The lowest BCUT2D eigenvalue weighted by Crippen LogP contribution is -2.34. The number of benzene rings is 1. The number of hydrogen-bond donors (Lipinski definition) is 1. The molecule has 1 aliphatic rings. The highest BCUT2D eigenvalue weighted by Gasteiger charge is 2.21. The van der Waals surface area contributed by atoms with Crippen LogP contribution >= 0.6 is 11.3 Å². The smallest absolute Gasteiger partial charge is 0.268 e. The number of nitrogens with zero attached hydrogens (tertiary/aromatic N) is 6. The van der Waals surface area contributed by atoms with Crippen LogP contribution in [0.15, 0.2) is 46.3 Å². The van der Waals surface area contributed by atoms with E-state index in [1.165, 1.54) is 11.3 Å². The quantitative estimate of drug-likeness (QED) is 0.480. The molecule has 1 N–H and O–H groups in total. The summed E-state index contributed by atoms with van der Waals surface area (Å²) in [6, 6.07) is 11.1. The van der Waals surface area contributed by atoms with Gasteiger partial charge in [-0.1, -0.05) is 12.1 Å². The van der Waals surface area contributed by atoms with Crippen LogP contribution in [0.1, 0.15) is 28.0 Å². The van der Waals surface area contributed by atoms with Crippen LogP contribution in [0.25, 0.3) is 33.6 Å². The molecule has 0 atom stereocenters. The average Bonchev–Trinajstić information content (AvgIpc) is 3.50. The summed E-state index contributed by atoms with van der Waals surface area (Å²) < 4.78 is 5.84. The van der Waals surface area contributed by atoms with E-state index >= 15 is 0 Å². The van der Waals surface area contributed by atoms with Crippen molar-refractivity contribution in [2.24, 2.45) is 0 Å². The Labute approximate surface area is 200 Å². The van der Waals surface area contributed by atoms with E-state index in [0.717, 1.165) is 24.4 Å². The first-order valence-corrected chi connectivity index (χ1v) is 11.8. The molecular formula is C24H21N7O2S. The number of amides is 1. The van der Waals surface area contributed by atoms with Crippen molar-refractivity contribution in [1.82, 2.24) is 30.4 Å². The Balaban J connectivity index is 1.47. The van der Waals surface area contributed by atoms with Crippen LogP contribution in [-0.4, -0.2) is 57.2 Å². The van der Waals surface area contributed by atoms with Gasteiger partial charge in [0.1, 0.15) is 5.69 Å². The number of carbonyl (C=O) groups excluding carboxylic acids is 1. The molecule has 0 unspecified atom stereocenters. The van der Waals surface area contributed by atoms with Gasteiger partial charge in [-0.2, -0.15) is 5.26 Å². The Hall–Kier alpha value is -3.94. The van der Waals surface area contributed by atoms with Crippen molar-refractivity contribution in [3.63, 3.8) is 0 Å². The molecule has 34 heavy (non-hydrogen) atoms. The van der Waals surface area contributed by atoms with E-state index in [1.807, 2.05) is 29.3 Å². The van der Waals surface area contributed by atoms with Gasteiger partial charge in [-0.05, 0) is 43.5 Å². The van der Waals surface area contributed by atoms with Crippen molar-refractivity contribution in [2.75, 3.05) is 26.2 Å². The van der Waals surface area contributed by atoms with E-state index in [-0.39, 0.29) is 11.8 Å². The van der Waals surface area contributed by atoms with Gasteiger partial charge in [-0.3, -0.25) is 9.78 Å². The first-order chi connectivity index (χ1) is 16.6. The van der Waals surface area contributed by atoms with Crippen LogP contribution in [0.5, 0.6) is 0 Å². The molecule has 1 aliphatic heterocycles. The predicted molar refractivity (Wildman–Crippen MR) is 127 cm³/mol. The molecule has 1 fully saturated rings. The third-order valence-electron chi connectivity index (χ3n) is 5.61. The van der Waals surface area contributed by atoms with E-state index in [9.17, 15) is 10.1 Å². The molecule has 1 saturated heterocycles. The molecule has 170 valence electrons. The molecule has 9 nitrogen and oxygen atoms in total. The van der Waals surface area contributed by atoms with Crippen LogP contribution in [0.3, 0.4) is 0 Å². The largest absolute Gasteiger partial charge is 0.414 e. The van der Waals surface area contributed by atoms with Gasteiger partial charge in [-0.25, -0.2) is 4.98 Å². The lowest BCUT2D eigenvalue weighted by molar-refractivity contribution is 0.0766. The van der Waals surface area contributed by atoms with Gasteiger partial charge in [0.05, 0.1) is 34.1 Å². The zero-order chi connectivity index (χ0) is 23.5. The van der Waals surface area contributed by atoms with Crippen molar-refractivity contribution in [1.29, 1.82) is 5.26 Å². The van der Waals surface area contributed by atoms with Crippen molar-refractivity contribution in [2.45, 2.75) is 13.3 Å². The van der Waals surface area contributed by atoms with E-state index in [2.05, 4.69) is 31.6 Å². The number of aryl methyl sites for hydroxylation is 1. The first kappa shape index (κ1) is 21.9.